The molecule has 3 N–H and O–H groups in total. The van der Waals surface area contributed by atoms with Gasteiger partial charge in [0, 0.05) is 25.5 Å². The van der Waals surface area contributed by atoms with Crippen LogP contribution in [-0.2, 0) is 4.79 Å². The predicted molar refractivity (Wildman–Crippen MR) is 69.5 cm³/mol. The van der Waals surface area contributed by atoms with Crippen molar-refractivity contribution in [2.45, 2.75) is 0 Å². The van der Waals surface area contributed by atoms with Gasteiger partial charge in [0.1, 0.15) is 5.69 Å². The lowest BCUT2D eigenvalue weighted by atomic mass is 10.4. The summed E-state index contributed by atoms with van der Waals surface area (Å²) in [5.74, 6) is -0.943. The Morgan fingerprint density at radius 3 is 2.70 bits per heavy atom. The van der Waals surface area contributed by atoms with E-state index in [0.29, 0.717) is 5.95 Å². The van der Waals surface area contributed by atoms with Gasteiger partial charge in [0.15, 0.2) is 5.82 Å². The number of carboxylic acid groups (broad SMARTS) is 1. The molecule has 0 saturated heterocycles. The number of carbonyl (C=O) groups is 2. The fraction of sp³-hybridized carbons (Fsp3) is 0.182. The molecule has 0 aliphatic rings. The number of aromatic nitrogens is 4. The van der Waals surface area contributed by atoms with Gasteiger partial charge >= 0.3 is 5.97 Å². The highest BCUT2D eigenvalue weighted by molar-refractivity contribution is 5.94. The molecule has 9 nitrogen and oxygen atoms in total. The summed E-state index contributed by atoms with van der Waals surface area (Å²) in [6.45, 7) is 0.0132. The number of aromatic amines is 1. The number of anilines is 2. The van der Waals surface area contributed by atoms with Gasteiger partial charge in [0.25, 0.3) is 0 Å². The van der Waals surface area contributed by atoms with Crippen molar-refractivity contribution in [1.82, 2.24) is 20.2 Å². The van der Waals surface area contributed by atoms with Crippen LogP contribution in [0.25, 0.3) is 0 Å². The van der Waals surface area contributed by atoms with Gasteiger partial charge in [-0.05, 0) is 6.07 Å². The average molecular weight is 276 g/mol. The highest BCUT2D eigenvalue weighted by atomic mass is 16.4. The minimum Gasteiger partial charge on any atom is -0.477 e. The molecule has 2 aromatic rings. The van der Waals surface area contributed by atoms with Crippen LogP contribution in [0.4, 0.5) is 11.8 Å². The van der Waals surface area contributed by atoms with E-state index in [2.05, 4.69) is 25.5 Å². The zero-order chi connectivity index (χ0) is 14.5. The zero-order valence-electron chi connectivity index (χ0n) is 10.6. The van der Waals surface area contributed by atoms with E-state index in [4.69, 9.17) is 5.11 Å². The summed E-state index contributed by atoms with van der Waals surface area (Å²) in [6.07, 6.45) is 3.15. The second-order valence-electron chi connectivity index (χ2n) is 3.93. The molecule has 0 aliphatic heterocycles. The maximum Gasteiger partial charge on any atom is 0.353 e. The Kier molecular flexibility index (Phi) is 3.89. The number of H-pyrrole nitrogens is 1. The van der Waals surface area contributed by atoms with Crippen molar-refractivity contribution in [3.05, 3.63) is 30.2 Å². The van der Waals surface area contributed by atoms with Crippen molar-refractivity contribution < 1.29 is 14.7 Å². The number of carboxylic acids is 1. The minimum atomic E-state index is -1.15. The van der Waals surface area contributed by atoms with Crippen molar-refractivity contribution in [2.75, 3.05) is 23.8 Å². The number of nitrogens with zero attached hydrogens (tertiary/aromatic N) is 4. The molecule has 0 spiro atoms. The van der Waals surface area contributed by atoms with Gasteiger partial charge in [0.2, 0.25) is 11.9 Å². The van der Waals surface area contributed by atoms with Crippen molar-refractivity contribution in [2.24, 2.45) is 0 Å². The molecule has 0 atom stereocenters. The smallest absolute Gasteiger partial charge is 0.353 e. The summed E-state index contributed by atoms with van der Waals surface area (Å²) >= 11 is 0. The van der Waals surface area contributed by atoms with Crippen LogP contribution in [0.15, 0.2) is 24.5 Å². The molecule has 1 amide bonds. The first-order chi connectivity index (χ1) is 9.56. The Labute approximate surface area is 113 Å². The molecule has 0 bridgehead atoms. The molecule has 9 heteroatoms. The third-order valence-electron chi connectivity index (χ3n) is 2.35. The molecule has 0 unspecified atom stereocenters. The molecule has 0 aromatic carbocycles. The highest BCUT2D eigenvalue weighted by Gasteiger charge is 2.12. The first-order valence-corrected chi connectivity index (χ1v) is 5.63. The summed E-state index contributed by atoms with van der Waals surface area (Å²) in [7, 11) is 1.67. The number of carbonyl (C=O) groups excluding carboxylic acids is 1. The highest BCUT2D eigenvalue weighted by Crippen LogP contribution is 2.06. The lowest BCUT2D eigenvalue weighted by Gasteiger charge is -2.15. The molecular formula is C11H12N6O3. The number of aromatic carboxylic acids is 1. The second kappa shape index (κ2) is 5.78. The van der Waals surface area contributed by atoms with Crippen LogP contribution in [0.5, 0.6) is 0 Å². The van der Waals surface area contributed by atoms with Crippen LogP contribution in [0.1, 0.15) is 10.5 Å². The number of amides is 1. The number of hydrogen-bond donors (Lipinski definition) is 3. The van der Waals surface area contributed by atoms with Gasteiger partial charge in [-0.15, -0.1) is 0 Å². The standard InChI is InChI=1S/C11H12N6O3/c1-17(11-12-3-2-4-13-11)6-9(18)14-8-5-7(10(19)20)15-16-8/h2-5H,6H2,1H3,(H,19,20)(H2,14,15,16,18). The van der Waals surface area contributed by atoms with Gasteiger partial charge in [0.05, 0.1) is 6.54 Å². The largest absolute Gasteiger partial charge is 0.477 e. The Bertz CT molecular complexity index is 612. The molecular weight excluding hydrogens is 264 g/mol. The number of hydrogen-bond acceptors (Lipinski definition) is 6. The van der Waals surface area contributed by atoms with E-state index in [1.165, 1.54) is 6.07 Å². The predicted octanol–water partition coefficient (Wildman–Crippen LogP) is -0.0272. The fourth-order valence-corrected chi connectivity index (χ4v) is 1.45. The molecule has 2 rings (SSSR count). The van der Waals surface area contributed by atoms with E-state index in [0.717, 1.165) is 0 Å². The lowest BCUT2D eigenvalue weighted by molar-refractivity contribution is -0.115. The van der Waals surface area contributed by atoms with Crippen LogP contribution in [-0.4, -0.2) is 50.7 Å². The molecule has 2 heterocycles. The van der Waals surface area contributed by atoms with Gasteiger partial charge in [-0.25, -0.2) is 14.8 Å². The first-order valence-electron chi connectivity index (χ1n) is 5.63. The van der Waals surface area contributed by atoms with Gasteiger partial charge in [-0.3, -0.25) is 9.89 Å². The van der Waals surface area contributed by atoms with Crippen LogP contribution in [0, 0.1) is 0 Å². The zero-order valence-corrected chi connectivity index (χ0v) is 10.6. The molecule has 104 valence electrons. The van der Waals surface area contributed by atoms with Crippen molar-refractivity contribution in [3.63, 3.8) is 0 Å². The van der Waals surface area contributed by atoms with E-state index in [-0.39, 0.29) is 24.0 Å². The Hall–Kier alpha value is -2.97. The molecule has 0 aliphatic carbocycles. The molecule has 2 aromatic heterocycles. The minimum absolute atomic E-state index is 0.0132. The van der Waals surface area contributed by atoms with E-state index in [1.807, 2.05) is 0 Å². The van der Waals surface area contributed by atoms with E-state index < -0.39 is 5.97 Å². The van der Waals surface area contributed by atoms with Gasteiger partial charge in [-0.1, -0.05) is 0 Å². The lowest BCUT2D eigenvalue weighted by Crippen LogP contribution is -2.31. The van der Waals surface area contributed by atoms with Crippen LogP contribution in [0.3, 0.4) is 0 Å². The van der Waals surface area contributed by atoms with Gasteiger partial charge in [-0.2, -0.15) is 5.10 Å². The quantitative estimate of drug-likeness (QED) is 0.700. The number of rotatable bonds is 5. The normalized spacial score (nSPS) is 10.1. The van der Waals surface area contributed by atoms with Crippen molar-refractivity contribution in [3.8, 4) is 0 Å². The topological polar surface area (TPSA) is 124 Å². The third kappa shape index (κ3) is 3.28. The Balaban J connectivity index is 1.93. The Morgan fingerprint density at radius 1 is 1.40 bits per heavy atom. The van der Waals surface area contributed by atoms with Crippen LogP contribution >= 0.6 is 0 Å². The van der Waals surface area contributed by atoms with Crippen molar-refractivity contribution >= 4 is 23.6 Å². The van der Waals surface area contributed by atoms with Crippen molar-refractivity contribution in [1.29, 1.82) is 0 Å². The SMILES string of the molecule is CN(CC(=O)Nc1cc(C(=O)O)[nH]n1)c1ncccn1. The molecule has 20 heavy (non-hydrogen) atoms. The van der Waals surface area contributed by atoms with E-state index in [1.54, 1.807) is 30.4 Å². The third-order valence-corrected chi connectivity index (χ3v) is 2.35. The summed E-state index contributed by atoms with van der Waals surface area (Å²) in [4.78, 5) is 32.0. The summed E-state index contributed by atoms with van der Waals surface area (Å²) in [6, 6.07) is 2.91. The fourth-order valence-electron chi connectivity index (χ4n) is 1.45. The number of likely N-dealkylation sites (N-methyl/N-ethyl adjacent to an activating group) is 1. The summed E-state index contributed by atoms with van der Waals surface area (Å²) in [5, 5.41) is 17.2. The maximum absolute atomic E-state index is 11.8. The maximum atomic E-state index is 11.8. The van der Waals surface area contributed by atoms with Gasteiger partial charge < -0.3 is 15.3 Å². The first kappa shape index (κ1) is 13.5. The van der Waals surface area contributed by atoms with Crippen LogP contribution in [0.2, 0.25) is 0 Å². The van der Waals surface area contributed by atoms with E-state index in [9.17, 15) is 9.59 Å². The number of nitrogens with one attached hydrogen (secondary N) is 2. The molecule has 0 fully saturated rings. The van der Waals surface area contributed by atoms with E-state index >= 15 is 0 Å². The summed E-state index contributed by atoms with van der Waals surface area (Å²) < 4.78 is 0. The monoisotopic (exact) mass is 276 g/mol. The molecule has 0 radical (unpaired) electrons. The Morgan fingerprint density at radius 2 is 2.10 bits per heavy atom. The van der Waals surface area contributed by atoms with Crippen LogP contribution < -0.4 is 10.2 Å². The summed E-state index contributed by atoms with van der Waals surface area (Å²) in [5.41, 5.74) is -0.0972. The average Bonchev–Trinajstić information content (AvgIpc) is 2.88. The molecule has 0 saturated carbocycles. The second-order valence-corrected chi connectivity index (χ2v) is 3.93.